The smallest absolute Gasteiger partial charge is 0.328 e. The number of carboxylic acids is 2. The predicted octanol–water partition coefficient (Wildman–Crippen LogP) is 4.73. The zero-order valence-electron chi connectivity index (χ0n) is 21.0. The number of amides is 2. The average molecular weight is 515 g/mol. The Kier molecular flexibility index (Phi) is 11.7. The van der Waals surface area contributed by atoms with E-state index in [4.69, 9.17) is 10.2 Å². The molecular formula is C30H30N2O6. The van der Waals surface area contributed by atoms with Crippen molar-refractivity contribution in [2.75, 3.05) is 5.32 Å². The third-order valence-electron chi connectivity index (χ3n) is 5.30. The van der Waals surface area contributed by atoms with E-state index in [9.17, 15) is 19.2 Å². The van der Waals surface area contributed by atoms with E-state index in [2.05, 4.69) is 48.4 Å². The van der Waals surface area contributed by atoms with E-state index >= 15 is 0 Å². The molecule has 0 bridgehead atoms. The molecule has 196 valence electrons. The van der Waals surface area contributed by atoms with Crippen LogP contribution in [0.3, 0.4) is 0 Å². The van der Waals surface area contributed by atoms with Crippen LogP contribution in [0.2, 0.25) is 0 Å². The van der Waals surface area contributed by atoms with Crippen molar-refractivity contribution < 1.29 is 29.4 Å². The van der Waals surface area contributed by atoms with Crippen LogP contribution < -0.4 is 10.6 Å². The molecule has 0 heterocycles. The first-order chi connectivity index (χ1) is 18.2. The van der Waals surface area contributed by atoms with Crippen LogP contribution in [0.25, 0.3) is 0 Å². The number of benzene rings is 2. The lowest BCUT2D eigenvalue weighted by Gasteiger charge is -2.20. The van der Waals surface area contributed by atoms with Gasteiger partial charge in [-0.3, -0.25) is 9.59 Å². The highest BCUT2D eigenvalue weighted by Gasteiger charge is 2.17. The Labute approximate surface area is 221 Å². The number of rotatable bonds is 13. The first-order valence-electron chi connectivity index (χ1n) is 11.8. The minimum atomic E-state index is -1.21. The van der Waals surface area contributed by atoms with E-state index in [0.717, 1.165) is 53.8 Å². The third-order valence-corrected chi connectivity index (χ3v) is 5.30. The van der Waals surface area contributed by atoms with Gasteiger partial charge in [0.1, 0.15) is 0 Å². The number of hydrogen-bond donors (Lipinski definition) is 4. The number of aryl methyl sites for hydroxylation is 1. The molecule has 0 spiro atoms. The van der Waals surface area contributed by atoms with Crippen LogP contribution in [0, 0.1) is 0 Å². The number of hydrogen-bond acceptors (Lipinski definition) is 4. The van der Waals surface area contributed by atoms with Crippen LogP contribution in [-0.4, -0.2) is 34.0 Å². The van der Waals surface area contributed by atoms with Crippen molar-refractivity contribution >= 4 is 29.4 Å². The van der Waals surface area contributed by atoms with Gasteiger partial charge in [-0.05, 0) is 46.9 Å². The molecule has 0 aliphatic carbocycles. The number of carbonyl (C=O) groups is 4. The quantitative estimate of drug-likeness (QED) is 0.226. The van der Waals surface area contributed by atoms with E-state index < -0.39 is 23.8 Å². The van der Waals surface area contributed by atoms with Gasteiger partial charge in [-0.1, -0.05) is 68.5 Å². The zero-order valence-corrected chi connectivity index (χ0v) is 21.0. The van der Waals surface area contributed by atoms with Crippen LogP contribution in [-0.2, 0) is 25.6 Å². The minimum absolute atomic E-state index is 0.216. The van der Waals surface area contributed by atoms with E-state index in [1.807, 2.05) is 12.1 Å². The van der Waals surface area contributed by atoms with Crippen molar-refractivity contribution in [1.29, 1.82) is 0 Å². The van der Waals surface area contributed by atoms with Crippen LogP contribution in [0.1, 0.15) is 36.0 Å². The van der Waals surface area contributed by atoms with Crippen molar-refractivity contribution in [2.45, 2.75) is 25.7 Å². The Hall–Kier alpha value is -4.98. The van der Waals surface area contributed by atoms with Gasteiger partial charge in [-0.15, -0.1) is 0 Å². The first-order valence-corrected chi connectivity index (χ1v) is 11.8. The number of carboxylic acid groups (broad SMARTS) is 2. The maximum atomic E-state index is 11.9. The van der Waals surface area contributed by atoms with Crippen molar-refractivity contribution in [3.8, 4) is 0 Å². The fourth-order valence-corrected chi connectivity index (χ4v) is 3.60. The maximum Gasteiger partial charge on any atom is 0.328 e. The molecule has 1 atom stereocenters. The minimum Gasteiger partial charge on any atom is -0.478 e. The Morgan fingerprint density at radius 2 is 1.39 bits per heavy atom. The normalized spacial score (nSPS) is 12.5. The third kappa shape index (κ3) is 9.94. The van der Waals surface area contributed by atoms with Crippen LogP contribution in [0.4, 0.5) is 5.69 Å². The van der Waals surface area contributed by atoms with Gasteiger partial charge in [-0.25, -0.2) is 9.59 Å². The van der Waals surface area contributed by atoms with Crippen LogP contribution >= 0.6 is 0 Å². The van der Waals surface area contributed by atoms with E-state index in [0.29, 0.717) is 5.69 Å². The highest BCUT2D eigenvalue weighted by molar-refractivity contribution is 6.02. The zero-order chi connectivity index (χ0) is 27.9. The van der Waals surface area contributed by atoms with Crippen LogP contribution in [0.5, 0.6) is 0 Å². The number of nitrogens with one attached hydrogen (secondary N) is 2. The van der Waals surface area contributed by atoms with Gasteiger partial charge in [-0.2, -0.15) is 0 Å². The molecule has 0 fully saturated rings. The van der Waals surface area contributed by atoms with Crippen molar-refractivity contribution in [3.05, 3.63) is 126 Å². The monoisotopic (exact) mass is 514 g/mol. The second-order valence-corrected chi connectivity index (χ2v) is 8.12. The van der Waals surface area contributed by atoms with Crippen molar-refractivity contribution in [2.24, 2.45) is 0 Å². The average Bonchev–Trinajstić information content (AvgIpc) is 2.89. The predicted molar refractivity (Wildman–Crippen MR) is 146 cm³/mol. The van der Waals surface area contributed by atoms with E-state index in [1.165, 1.54) is 11.8 Å². The van der Waals surface area contributed by atoms with Crippen molar-refractivity contribution in [1.82, 2.24) is 5.32 Å². The summed E-state index contributed by atoms with van der Waals surface area (Å²) in [6, 6.07) is 15.5. The summed E-state index contributed by atoms with van der Waals surface area (Å²) in [6.07, 6.45) is 11.9. The molecular weight excluding hydrogens is 484 g/mol. The Morgan fingerprint density at radius 1 is 0.842 bits per heavy atom. The molecule has 0 aromatic heterocycles. The Bertz CT molecular complexity index is 1270. The Balaban J connectivity index is 2.35. The second-order valence-electron chi connectivity index (χ2n) is 8.12. The molecule has 0 radical (unpaired) electrons. The summed E-state index contributed by atoms with van der Waals surface area (Å²) in [6.45, 7) is 6.08. The summed E-state index contributed by atoms with van der Waals surface area (Å²) in [5.41, 5.74) is 4.50. The molecule has 1 unspecified atom stereocenters. The summed E-state index contributed by atoms with van der Waals surface area (Å²) in [7, 11) is 0. The van der Waals surface area contributed by atoms with Gasteiger partial charge < -0.3 is 20.8 Å². The van der Waals surface area contributed by atoms with Gasteiger partial charge in [0.15, 0.2) is 0 Å². The fraction of sp³-hybridized carbons (Fsp3) is 0.133. The molecule has 0 aliphatic heterocycles. The molecule has 2 aromatic carbocycles. The SMILES string of the molecule is C=C/C(=C\C=C\NC(=O)/C=C/C(=O)O)C(c1ccc(CCC)cc1)c1ccc(NC(=O)/C=C/C(=O)O)cc1. The molecule has 2 amide bonds. The molecule has 4 N–H and O–H groups in total. The lowest BCUT2D eigenvalue weighted by molar-refractivity contribution is -0.132. The number of anilines is 1. The standard InChI is InChI=1S/C30H30N2O6/c1-3-6-21-8-10-23(11-9-21)30(22(4-2)7-5-20-31-26(33)16-18-28(35)36)24-12-14-25(15-13-24)32-27(34)17-19-29(37)38/h4-5,7-20,30H,2-3,6H2,1H3,(H,31,33)(H,32,34)(H,35,36)(H,37,38)/b18-16+,19-17+,20-5+,22-7+. The number of carbonyl (C=O) groups excluding carboxylic acids is 2. The fourth-order valence-electron chi connectivity index (χ4n) is 3.60. The summed E-state index contributed by atoms with van der Waals surface area (Å²) in [5, 5.41) is 22.4. The Morgan fingerprint density at radius 3 is 1.92 bits per heavy atom. The first kappa shape index (κ1) is 29.3. The highest BCUT2D eigenvalue weighted by Crippen LogP contribution is 2.33. The summed E-state index contributed by atoms with van der Waals surface area (Å²) in [4.78, 5) is 44.8. The molecule has 0 saturated carbocycles. The molecule has 8 heteroatoms. The molecule has 2 rings (SSSR count). The maximum absolute atomic E-state index is 11.9. The van der Waals surface area contributed by atoms with Gasteiger partial charge in [0, 0.05) is 42.1 Å². The number of allylic oxidation sites excluding steroid dienone is 4. The van der Waals surface area contributed by atoms with Gasteiger partial charge in [0.05, 0.1) is 0 Å². The largest absolute Gasteiger partial charge is 0.478 e. The molecule has 0 aliphatic rings. The topological polar surface area (TPSA) is 133 Å². The van der Waals surface area contributed by atoms with Crippen molar-refractivity contribution in [3.63, 3.8) is 0 Å². The molecule has 38 heavy (non-hydrogen) atoms. The van der Waals surface area contributed by atoms with E-state index in [1.54, 1.807) is 30.4 Å². The summed E-state index contributed by atoms with van der Waals surface area (Å²) >= 11 is 0. The van der Waals surface area contributed by atoms with Crippen LogP contribution in [0.15, 0.2) is 109 Å². The lowest BCUT2D eigenvalue weighted by Crippen LogP contribution is -2.13. The van der Waals surface area contributed by atoms with E-state index in [-0.39, 0.29) is 5.92 Å². The molecule has 0 saturated heterocycles. The molecule has 8 nitrogen and oxygen atoms in total. The summed E-state index contributed by atoms with van der Waals surface area (Å²) in [5.74, 6) is -3.77. The second kappa shape index (κ2) is 15.2. The summed E-state index contributed by atoms with van der Waals surface area (Å²) < 4.78 is 0. The lowest BCUT2D eigenvalue weighted by atomic mass is 9.84. The van der Waals surface area contributed by atoms with Gasteiger partial charge in [0.2, 0.25) is 11.8 Å². The van der Waals surface area contributed by atoms with Gasteiger partial charge >= 0.3 is 11.9 Å². The van der Waals surface area contributed by atoms with Gasteiger partial charge in [0.25, 0.3) is 0 Å². The molecule has 2 aromatic rings. The highest BCUT2D eigenvalue weighted by atomic mass is 16.4. The number of aliphatic carboxylic acids is 2.